The number of benzene rings is 1. The molecule has 19 heavy (non-hydrogen) atoms. The summed E-state index contributed by atoms with van der Waals surface area (Å²) in [6.07, 6.45) is 0. The maximum absolute atomic E-state index is 4.85. The SMILES string of the molecule is CCNc1nc2c(C)ccc(Br)c2cc1C(C)(C)C. The van der Waals surface area contributed by atoms with E-state index in [1.54, 1.807) is 0 Å². The molecule has 2 nitrogen and oxygen atoms in total. The molecule has 1 N–H and O–H groups in total. The van der Waals surface area contributed by atoms with Gasteiger partial charge in [-0.2, -0.15) is 0 Å². The molecule has 102 valence electrons. The molecule has 0 radical (unpaired) electrons. The second kappa shape index (κ2) is 5.12. The number of fused-ring (bicyclic) bond motifs is 1. The summed E-state index contributed by atoms with van der Waals surface area (Å²) in [6.45, 7) is 11.8. The average Bonchev–Trinajstić information content (AvgIpc) is 2.33. The van der Waals surface area contributed by atoms with E-state index in [1.165, 1.54) is 16.5 Å². The fourth-order valence-electron chi connectivity index (χ4n) is 2.24. The van der Waals surface area contributed by atoms with Crippen LogP contribution in [0.1, 0.15) is 38.8 Å². The highest BCUT2D eigenvalue weighted by Gasteiger charge is 2.20. The minimum Gasteiger partial charge on any atom is -0.370 e. The van der Waals surface area contributed by atoms with Crippen molar-refractivity contribution in [2.75, 3.05) is 11.9 Å². The van der Waals surface area contributed by atoms with Gasteiger partial charge in [0.25, 0.3) is 0 Å². The van der Waals surface area contributed by atoms with E-state index in [1.807, 2.05) is 0 Å². The van der Waals surface area contributed by atoms with E-state index in [9.17, 15) is 0 Å². The van der Waals surface area contributed by atoms with Crippen LogP contribution < -0.4 is 5.32 Å². The zero-order chi connectivity index (χ0) is 14.2. The molecule has 1 aromatic heterocycles. The topological polar surface area (TPSA) is 24.9 Å². The van der Waals surface area contributed by atoms with Crippen molar-refractivity contribution in [2.45, 2.75) is 40.0 Å². The van der Waals surface area contributed by atoms with Crippen LogP contribution in [0.15, 0.2) is 22.7 Å². The summed E-state index contributed by atoms with van der Waals surface area (Å²) < 4.78 is 1.11. The molecule has 0 spiro atoms. The van der Waals surface area contributed by atoms with Gasteiger partial charge in [-0.3, -0.25) is 0 Å². The summed E-state index contributed by atoms with van der Waals surface area (Å²) in [5.41, 5.74) is 3.60. The monoisotopic (exact) mass is 320 g/mol. The number of anilines is 1. The smallest absolute Gasteiger partial charge is 0.130 e. The maximum atomic E-state index is 4.85. The molecule has 1 heterocycles. The second-order valence-electron chi connectivity index (χ2n) is 5.93. The average molecular weight is 321 g/mol. The van der Waals surface area contributed by atoms with E-state index in [4.69, 9.17) is 4.98 Å². The van der Waals surface area contributed by atoms with Gasteiger partial charge in [-0.1, -0.05) is 42.8 Å². The van der Waals surface area contributed by atoms with E-state index in [-0.39, 0.29) is 5.41 Å². The van der Waals surface area contributed by atoms with Gasteiger partial charge in [-0.05, 0) is 37.0 Å². The van der Waals surface area contributed by atoms with Crippen LogP contribution in [0, 0.1) is 6.92 Å². The molecule has 0 unspecified atom stereocenters. The van der Waals surface area contributed by atoms with Crippen LogP contribution in [0.25, 0.3) is 10.9 Å². The van der Waals surface area contributed by atoms with Crippen molar-refractivity contribution < 1.29 is 0 Å². The van der Waals surface area contributed by atoms with Crippen LogP contribution in [0.5, 0.6) is 0 Å². The van der Waals surface area contributed by atoms with Crippen LogP contribution >= 0.6 is 15.9 Å². The molecule has 2 aromatic rings. The molecule has 0 saturated heterocycles. The predicted octanol–water partition coefficient (Wildman–Crippen LogP) is 5.04. The zero-order valence-electron chi connectivity index (χ0n) is 12.3. The van der Waals surface area contributed by atoms with Gasteiger partial charge in [-0.15, -0.1) is 0 Å². The van der Waals surface area contributed by atoms with Crippen molar-refractivity contribution in [3.8, 4) is 0 Å². The quantitative estimate of drug-likeness (QED) is 0.838. The molecule has 0 fully saturated rings. The molecular weight excluding hydrogens is 300 g/mol. The Morgan fingerprint density at radius 3 is 2.53 bits per heavy atom. The summed E-state index contributed by atoms with van der Waals surface area (Å²) >= 11 is 3.64. The lowest BCUT2D eigenvalue weighted by molar-refractivity contribution is 0.590. The lowest BCUT2D eigenvalue weighted by Gasteiger charge is -2.23. The lowest BCUT2D eigenvalue weighted by Crippen LogP contribution is -2.16. The van der Waals surface area contributed by atoms with Gasteiger partial charge in [0.05, 0.1) is 5.52 Å². The predicted molar refractivity (Wildman–Crippen MR) is 87.0 cm³/mol. The van der Waals surface area contributed by atoms with Crippen molar-refractivity contribution in [2.24, 2.45) is 0 Å². The number of hydrogen-bond donors (Lipinski definition) is 1. The van der Waals surface area contributed by atoms with Gasteiger partial charge in [0, 0.05) is 22.0 Å². The third-order valence-corrected chi connectivity index (χ3v) is 3.98. The van der Waals surface area contributed by atoms with Crippen LogP contribution in [-0.4, -0.2) is 11.5 Å². The van der Waals surface area contributed by atoms with Crippen LogP contribution in [0.3, 0.4) is 0 Å². The van der Waals surface area contributed by atoms with Crippen molar-refractivity contribution in [3.63, 3.8) is 0 Å². The molecule has 0 aliphatic rings. The fourth-order valence-corrected chi connectivity index (χ4v) is 2.67. The molecule has 2 rings (SSSR count). The molecule has 0 aliphatic heterocycles. The first kappa shape index (κ1) is 14.3. The first-order valence-corrected chi connectivity index (χ1v) is 7.48. The Morgan fingerprint density at radius 2 is 1.95 bits per heavy atom. The van der Waals surface area contributed by atoms with Crippen LogP contribution in [0.2, 0.25) is 0 Å². The molecular formula is C16H21BrN2. The highest BCUT2D eigenvalue weighted by molar-refractivity contribution is 9.10. The molecule has 3 heteroatoms. The number of aromatic nitrogens is 1. The van der Waals surface area contributed by atoms with Gasteiger partial charge < -0.3 is 5.32 Å². The van der Waals surface area contributed by atoms with Gasteiger partial charge in [-0.25, -0.2) is 4.98 Å². The standard InChI is InChI=1S/C16H21BrN2/c1-6-18-15-12(16(3,4)5)9-11-13(17)8-7-10(2)14(11)19-15/h7-9H,6H2,1-5H3,(H,18,19). The van der Waals surface area contributed by atoms with Gasteiger partial charge in [0.2, 0.25) is 0 Å². The van der Waals surface area contributed by atoms with E-state index in [0.29, 0.717) is 0 Å². The largest absolute Gasteiger partial charge is 0.370 e. The second-order valence-corrected chi connectivity index (χ2v) is 6.78. The molecule has 0 saturated carbocycles. The number of pyridine rings is 1. The number of nitrogens with one attached hydrogen (secondary N) is 1. The summed E-state index contributed by atoms with van der Waals surface area (Å²) in [6, 6.07) is 6.46. The highest BCUT2D eigenvalue weighted by atomic mass is 79.9. The highest BCUT2D eigenvalue weighted by Crippen LogP contribution is 2.34. The Balaban J connectivity index is 2.80. The number of hydrogen-bond acceptors (Lipinski definition) is 2. The number of nitrogens with zero attached hydrogens (tertiary/aromatic N) is 1. The van der Waals surface area contributed by atoms with Crippen LogP contribution in [0.4, 0.5) is 5.82 Å². The molecule has 0 amide bonds. The Hall–Kier alpha value is -1.09. The normalized spacial score (nSPS) is 11.9. The maximum Gasteiger partial charge on any atom is 0.130 e. The van der Waals surface area contributed by atoms with Crippen molar-refractivity contribution in [1.82, 2.24) is 4.98 Å². The number of aryl methyl sites for hydroxylation is 1. The first-order chi connectivity index (χ1) is 8.84. The fraction of sp³-hybridized carbons (Fsp3) is 0.438. The summed E-state index contributed by atoms with van der Waals surface area (Å²) in [5, 5.41) is 4.58. The minimum absolute atomic E-state index is 0.0713. The summed E-state index contributed by atoms with van der Waals surface area (Å²) in [7, 11) is 0. The number of rotatable bonds is 2. The lowest BCUT2D eigenvalue weighted by atomic mass is 9.86. The Morgan fingerprint density at radius 1 is 1.26 bits per heavy atom. The third-order valence-electron chi connectivity index (χ3n) is 3.29. The van der Waals surface area contributed by atoms with E-state index < -0.39 is 0 Å². The van der Waals surface area contributed by atoms with Gasteiger partial charge in [0.1, 0.15) is 5.82 Å². The molecule has 0 bridgehead atoms. The van der Waals surface area contributed by atoms with E-state index in [0.717, 1.165) is 22.4 Å². The van der Waals surface area contributed by atoms with Gasteiger partial charge in [0.15, 0.2) is 0 Å². The Bertz CT molecular complexity index is 612. The molecule has 0 atom stereocenters. The molecule has 0 aliphatic carbocycles. The van der Waals surface area contributed by atoms with Gasteiger partial charge >= 0.3 is 0 Å². The third kappa shape index (κ3) is 2.76. The summed E-state index contributed by atoms with van der Waals surface area (Å²) in [4.78, 5) is 4.85. The van der Waals surface area contributed by atoms with E-state index in [2.05, 4.69) is 74.1 Å². The van der Waals surface area contributed by atoms with Crippen molar-refractivity contribution >= 4 is 32.7 Å². The van der Waals surface area contributed by atoms with Crippen molar-refractivity contribution in [1.29, 1.82) is 0 Å². The summed E-state index contributed by atoms with van der Waals surface area (Å²) in [5.74, 6) is 1.00. The minimum atomic E-state index is 0.0713. The van der Waals surface area contributed by atoms with Crippen molar-refractivity contribution in [3.05, 3.63) is 33.8 Å². The first-order valence-electron chi connectivity index (χ1n) is 6.68. The Labute approximate surface area is 123 Å². The molecule has 1 aromatic carbocycles. The Kier molecular flexibility index (Phi) is 3.86. The van der Waals surface area contributed by atoms with Crippen LogP contribution in [-0.2, 0) is 5.41 Å². The van der Waals surface area contributed by atoms with E-state index >= 15 is 0 Å². The zero-order valence-corrected chi connectivity index (χ0v) is 13.9. The number of halogens is 1.